The van der Waals surface area contributed by atoms with E-state index in [2.05, 4.69) is 17.1 Å². The maximum atomic E-state index is 13.0. The number of benzene rings is 2. The Morgan fingerprint density at radius 2 is 1.85 bits per heavy atom. The van der Waals surface area contributed by atoms with Gasteiger partial charge >= 0.3 is 0 Å². The van der Waals surface area contributed by atoms with E-state index in [4.69, 9.17) is 0 Å². The van der Waals surface area contributed by atoms with Crippen LogP contribution in [0.3, 0.4) is 0 Å². The van der Waals surface area contributed by atoms with Crippen molar-refractivity contribution in [1.82, 2.24) is 9.88 Å². The smallest absolute Gasteiger partial charge is 0.228 e. The van der Waals surface area contributed by atoms with Crippen molar-refractivity contribution >= 4 is 16.8 Å². The van der Waals surface area contributed by atoms with Crippen molar-refractivity contribution in [3.05, 3.63) is 71.9 Å². The van der Waals surface area contributed by atoms with Crippen LogP contribution in [0.25, 0.3) is 10.9 Å². The first-order chi connectivity index (χ1) is 13.2. The van der Waals surface area contributed by atoms with Gasteiger partial charge in [0.25, 0.3) is 0 Å². The Hall–Kier alpha value is -2.59. The number of rotatable bonds is 5. The average Bonchev–Trinajstić information content (AvgIpc) is 3.09. The summed E-state index contributed by atoms with van der Waals surface area (Å²) in [6.45, 7) is 0.553. The van der Waals surface area contributed by atoms with Gasteiger partial charge in [-0.1, -0.05) is 48.5 Å². The van der Waals surface area contributed by atoms with E-state index in [1.807, 2.05) is 48.7 Å². The third kappa shape index (κ3) is 2.59. The quantitative estimate of drug-likeness (QED) is 0.732. The van der Waals surface area contributed by atoms with Crippen molar-refractivity contribution in [2.24, 2.45) is 11.8 Å². The van der Waals surface area contributed by atoms with E-state index >= 15 is 0 Å². The number of nitrogens with one attached hydrogen (secondary N) is 1. The van der Waals surface area contributed by atoms with Gasteiger partial charge < -0.3 is 15.0 Å². The second-order valence-corrected chi connectivity index (χ2v) is 7.93. The Morgan fingerprint density at radius 3 is 2.63 bits per heavy atom. The normalized spacial score (nSPS) is 27.0. The van der Waals surface area contributed by atoms with E-state index < -0.39 is 5.72 Å². The first kappa shape index (κ1) is 16.6. The van der Waals surface area contributed by atoms with Gasteiger partial charge in [-0.2, -0.15) is 0 Å². The van der Waals surface area contributed by atoms with Crippen molar-refractivity contribution in [1.29, 1.82) is 0 Å². The van der Waals surface area contributed by atoms with E-state index in [1.165, 1.54) is 10.9 Å². The summed E-state index contributed by atoms with van der Waals surface area (Å²) >= 11 is 0. The Labute approximate surface area is 158 Å². The molecule has 1 aliphatic carbocycles. The number of aromatic nitrogens is 1. The number of para-hydroxylation sites is 1. The van der Waals surface area contributed by atoms with E-state index in [1.54, 1.807) is 4.90 Å². The summed E-state index contributed by atoms with van der Waals surface area (Å²) < 4.78 is 0. The van der Waals surface area contributed by atoms with Crippen LogP contribution in [-0.4, -0.2) is 33.2 Å². The molecule has 4 nitrogen and oxygen atoms in total. The molecule has 27 heavy (non-hydrogen) atoms. The molecule has 2 heterocycles. The Bertz CT molecular complexity index is 980. The number of likely N-dealkylation sites (tertiary alicyclic amines) is 1. The standard InChI is InChI=1S/C23H24N2O2/c26-22-19-10-11-20(19)23(27,14-16-6-2-1-3-7-16)25(22)13-12-17-15-24-21-9-5-4-8-18(17)21/h1-9,15,19-20,24,27H,10-14H2/t19-,20+,23?/m1/s1. The Morgan fingerprint density at radius 1 is 1.07 bits per heavy atom. The molecule has 3 aromatic rings. The van der Waals surface area contributed by atoms with Gasteiger partial charge in [0.15, 0.2) is 0 Å². The molecule has 1 amide bonds. The highest BCUT2D eigenvalue weighted by Gasteiger charge is 2.61. The number of hydrogen-bond acceptors (Lipinski definition) is 2. The molecule has 1 unspecified atom stereocenters. The molecular weight excluding hydrogens is 336 g/mol. The molecule has 2 aromatic carbocycles. The second-order valence-electron chi connectivity index (χ2n) is 7.93. The minimum atomic E-state index is -1.06. The topological polar surface area (TPSA) is 56.3 Å². The summed E-state index contributed by atoms with van der Waals surface area (Å²) in [5.41, 5.74) is 2.32. The van der Waals surface area contributed by atoms with Gasteiger partial charge in [-0.15, -0.1) is 0 Å². The van der Waals surface area contributed by atoms with E-state index in [-0.39, 0.29) is 17.7 Å². The summed E-state index contributed by atoms with van der Waals surface area (Å²) in [6, 6.07) is 18.2. The number of aromatic amines is 1. The predicted molar refractivity (Wildman–Crippen MR) is 105 cm³/mol. The SMILES string of the molecule is O=C1[C@@H]2CC[C@@H]2C(O)(Cc2ccccc2)N1CCc1c[nH]c2ccccc12. The second kappa shape index (κ2) is 6.24. The van der Waals surface area contributed by atoms with Gasteiger partial charge in [0.2, 0.25) is 5.91 Å². The molecule has 3 atom stereocenters. The van der Waals surface area contributed by atoms with Crippen LogP contribution in [0.5, 0.6) is 0 Å². The van der Waals surface area contributed by atoms with Crippen LogP contribution in [0.1, 0.15) is 24.0 Å². The molecular formula is C23H24N2O2. The third-order valence-corrected chi connectivity index (χ3v) is 6.51. The molecule has 2 aliphatic rings. The fourth-order valence-corrected chi connectivity index (χ4v) is 4.94. The molecule has 1 saturated carbocycles. The van der Waals surface area contributed by atoms with Gasteiger partial charge in [0.1, 0.15) is 5.72 Å². The van der Waals surface area contributed by atoms with Gasteiger partial charge in [-0.05, 0) is 36.5 Å². The highest BCUT2D eigenvalue weighted by atomic mass is 16.3. The zero-order chi connectivity index (χ0) is 18.4. The highest BCUT2D eigenvalue weighted by Crippen LogP contribution is 2.51. The van der Waals surface area contributed by atoms with Crippen LogP contribution >= 0.6 is 0 Å². The van der Waals surface area contributed by atoms with Gasteiger partial charge in [-0.3, -0.25) is 4.79 Å². The van der Waals surface area contributed by atoms with Crippen molar-refractivity contribution in [2.75, 3.05) is 6.54 Å². The first-order valence-corrected chi connectivity index (χ1v) is 9.79. The average molecular weight is 360 g/mol. The summed E-state index contributed by atoms with van der Waals surface area (Å²) in [6.07, 6.45) is 5.12. The maximum absolute atomic E-state index is 13.0. The van der Waals surface area contributed by atoms with Gasteiger partial charge in [-0.25, -0.2) is 0 Å². The lowest BCUT2D eigenvalue weighted by Gasteiger charge is -2.41. The lowest BCUT2D eigenvalue weighted by Crippen LogP contribution is -2.52. The first-order valence-electron chi connectivity index (χ1n) is 9.79. The number of carbonyl (C=O) groups excluding carboxylic acids is 1. The van der Waals surface area contributed by atoms with Crippen LogP contribution in [-0.2, 0) is 17.6 Å². The lowest BCUT2D eigenvalue weighted by atomic mass is 9.70. The number of aliphatic hydroxyl groups is 1. The number of amides is 1. The molecule has 0 bridgehead atoms. The van der Waals surface area contributed by atoms with Crippen LogP contribution in [0.15, 0.2) is 60.8 Å². The van der Waals surface area contributed by atoms with Crippen molar-refractivity contribution in [2.45, 2.75) is 31.4 Å². The zero-order valence-corrected chi connectivity index (χ0v) is 15.3. The number of carbonyl (C=O) groups is 1. The van der Waals surface area contributed by atoms with Crippen molar-refractivity contribution < 1.29 is 9.90 Å². The Kier molecular flexibility index (Phi) is 3.83. The molecule has 0 spiro atoms. The fraction of sp³-hybridized carbons (Fsp3) is 0.348. The van der Waals surface area contributed by atoms with Crippen molar-refractivity contribution in [3.8, 4) is 0 Å². The van der Waals surface area contributed by atoms with E-state index in [0.29, 0.717) is 13.0 Å². The fourth-order valence-electron chi connectivity index (χ4n) is 4.94. The van der Waals surface area contributed by atoms with Crippen LogP contribution < -0.4 is 0 Å². The monoisotopic (exact) mass is 360 g/mol. The van der Waals surface area contributed by atoms with Gasteiger partial charge in [0.05, 0.1) is 0 Å². The molecule has 1 aliphatic heterocycles. The molecule has 138 valence electrons. The summed E-state index contributed by atoms with van der Waals surface area (Å²) in [7, 11) is 0. The largest absolute Gasteiger partial charge is 0.370 e. The molecule has 4 heteroatoms. The molecule has 2 fully saturated rings. The highest BCUT2D eigenvalue weighted by molar-refractivity contribution is 5.85. The summed E-state index contributed by atoms with van der Waals surface area (Å²) in [5.74, 6) is 0.194. The van der Waals surface area contributed by atoms with Crippen molar-refractivity contribution in [3.63, 3.8) is 0 Å². The van der Waals surface area contributed by atoms with E-state index in [0.717, 1.165) is 30.3 Å². The zero-order valence-electron chi connectivity index (χ0n) is 15.3. The predicted octanol–water partition coefficient (Wildman–Crippen LogP) is 3.51. The molecule has 1 aromatic heterocycles. The lowest BCUT2D eigenvalue weighted by molar-refractivity contribution is -0.149. The molecule has 1 saturated heterocycles. The summed E-state index contributed by atoms with van der Waals surface area (Å²) in [4.78, 5) is 18.0. The van der Waals surface area contributed by atoms with Crippen LogP contribution in [0.4, 0.5) is 0 Å². The number of nitrogens with zero attached hydrogens (tertiary/aromatic N) is 1. The molecule has 5 rings (SSSR count). The number of fused-ring (bicyclic) bond motifs is 2. The van der Waals surface area contributed by atoms with Gasteiger partial charge in [0, 0.05) is 41.9 Å². The third-order valence-electron chi connectivity index (χ3n) is 6.51. The van der Waals surface area contributed by atoms with E-state index in [9.17, 15) is 9.90 Å². The van der Waals surface area contributed by atoms with Crippen LogP contribution in [0.2, 0.25) is 0 Å². The van der Waals surface area contributed by atoms with Crippen LogP contribution in [0, 0.1) is 11.8 Å². The number of hydrogen-bond donors (Lipinski definition) is 2. The number of H-pyrrole nitrogens is 1. The molecule has 0 radical (unpaired) electrons. The Balaban J connectivity index is 1.41. The molecule has 2 N–H and O–H groups in total. The maximum Gasteiger partial charge on any atom is 0.228 e. The summed E-state index contributed by atoms with van der Waals surface area (Å²) in [5, 5.41) is 12.8. The minimum Gasteiger partial charge on any atom is -0.370 e. The minimum absolute atomic E-state index is 0.00156.